The molecule has 1 saturated heterocycles. The van der Waals surface area contributed by atoms with Crippen LogP contribution in [0.1, 0.15) is 10.9 Å². The Kier molecular flexibility index (Phi) is 2.97. The van der Waals surface area contributed by atoms with Crippen LogP contribution < -0.4 is 5.32 Å². The van der Waals surface area contributed by atoms with Crippen molar-refractivity contribution in [3.63, 3.8) is 0 Å². The lowest BCUT2D eigenvalue weighted by Gasteiger charge is -2.22. The van der Waals surface area contributed by atoms with Crippen LogP contribution in [0, 0.1) is 0 Å². The van der Waals surface area contributed by atoms with Gasteiger partial charge in [-0.3, -0.25) is 0 Å². The molecule has 1 atom stereocenters. The normalized spacial score (nSPS) is 26.2. The number of hydrogen-bond acceptors (Lipinski definition) is 4. The van der Waals surface area contributed by atoms with Crippen molar-refractivity contribution in [3.05, 3.63) is 20.8 Å². The number of sulfone groups is 1. The first-order valence-electron chi connectivity index (χ1n) is 4.24. The van der Waals surface area contributed by atoms with Crippen LogP contribution in [0.4, 0.5) is 0 Å². The molecule has 14 heavy (non-hydrogen) atoms. The molecule has 1 aliphatic rings. The fourth-order valence-electron chi connectivity index (χ4n) is 1.48. The first-order chi connectivity index (χ1) is 6.57. The summed E-state index contributed by atoms with van der Waals surface area (Å²) in [6.07, 6.45) is 0. The van der Waals surface area contributed by atoms with Crippen molar-refractivity contribution in [2.75, 3.05) is 18.1 Å². The summed E-state index contributed by atoms with van der Waals surface area (Å²) in [7, 11) is -2.84. The first kappa shape index (κ1) is 10.6. The van der Waals surface area contributed by atoms with E-state index >= 15 is 0 Å². The predicted molar refractivity (Wildman–Crippen MR) is 61.4 cm³/mol. The first-order valence-corrected chi connectivity index (χ1v) is 7.74. The third-order valence-corrected chi connectivity index (χ3v) is 5.63. The maximum absolute atomic E-state index is 11.4. The number of halogens is 1. The van der Waals surface area contributed by atoms with E-state index in [0.29, 0.717) is 6.54 Å². The van der Waals surface area contributed by atoms with Gasteiger partial charge in [-0.05, 0) is 22.0 Å². The largest absolute Gasteiger partial charge is 0.307 e. The summed E-state index contributed by atoms with van der Waals surface area (Å²) >= 11 is 4.94. The van der Waals surface area contributed by atoms with Gasteiger partial charge in [-0.2, -0.15) is 0 Å². The second-order valence-corrected chi connectivity index (χ2v) is 7.38. The van der Waals surface area contributed by atoms with Crippen molar-refractivity contribution in [1.82, 2.24) is 5.32 Å². The molecule has 0 aromatic carbocycles. The van der Waals surface area contributed by atoms with E-state index in [1.165, 1.54) is 0 Å². The minimum Gasteiger partial charge on any atom is -0.307 e. The molecule has 0 aliphatic carbocycles. The Hall–Kier alpha value is 0.0900. The summed E-state index contributed by atoms with van der Waals surface area (Å²) in [4.78, 5) is 1.08. The fraction of sp³-hybridized carbons (Fsp3) is 0.500. The highest BCUT2D eigenvalue weighted by molar-refractivity contribution is 9.10. The van der Waals surface area contributed by atoms with Crippen LogP contribution in [-0.4, -0.2) is 26.5 Å². The molecular formula is C8H10BrNO2S2. The lowest BCUT2D eigenvalue weighted by atomic mass is 10.3. The molecule has 0 radical (unpaired) electrons. The summed E-state index contributed by atoms with van der Waals surface area (Å²) in [6, 6.07) is 1.95. The maximum atomic E-state index is 11.4. The highest BCUT2D eigenvalue weighted by atomic mass is 79.9. The fourth-order valence-corrected chi connectivity index (χ4v) is 4.51. The topological polar surface area (TPSA) is 46.2 Å². The summed E-state index contributed by atoms with van der Waals surface area (Å²) in [6.45, 7) is 0.558. The highest BCUT2D eigenvalue weighted by Gasteiger charge is 2.26. The Labute approximate surface area is 95.6 Å². The Morgan fingerprint density at radius 1 is 1.57 bits per heavy atom. The molecule has 1 aliphatic heterocycles. The molecule has 1 aromatic rings. The zero-order chi connectivity index (χ0) is 10.2. The van der Waals surface area contributed by atoms with Gasteiger partial charge in [0.05, 0.1) is 17.5 Å². The monoisotopic (exact) mass is 295 g/mol. The van der Waals surface area contributed by atoms with Gasteiger partial charge in [0.2, 0.25) is 0 Å². The highest BCUT2D eigenvalue weighted by Crippen LogP contribution is 2.27. The van der Waals surface area contributed by atoms with E-state index < -0.39 is 9.84 Å². The number of nitrogens with one attached hydrogen (secondary N) is 1. The molecule has 1 aromatic heterocycles. The molecule has 1 N–H and O–H groups in total. The van der Waals surface area contributed by atoms with Gasteiger partial charge in [-0.15, -0.1) is 11.3 Å². The number of thiophene rings is 1. The molecule has 6 heteroatoms. The second kappa shape index (κ2) is 3.92. The van der Waals surface area contributed by atoms with Crippen LogP contribution in [0.2, 0.25) is 0 Å². The van der Waals surface area contributed by atoms with Gasteiger partial charge < -0.3 is 5.32 Å². The zero-order valence-electron chi connectivity index (χ0n) is 7.36. The SMILES string of the molecule is O=S1(=O)CCNC(c2cc(Br)cs2)C1. The smallest absolute Gasteiger partial charge is 0.153 e. The van der Waals surface area contributed by atoms with Crippen molar-refractivity contribution in [1.29, 1.82) is 0 Å². The molecule has 78 valence electrons. The quantitative estimate of drug-likeness (QED) is 0.855. The lowest BCUT2D eigenvalue weighted by Crippen LogP contribution is -2.38. The Balaban J connectivity index is 2.20. The minimum atomic E-state index is -2.84. The van der Waals surface area contributed by atoms with E-state index in [0.717, 1.165) is 9.35 Å². The third-order valence-electron chi connectivity index (χ3n) is 2.16. The van der Waals surface area contributed by atoms with Crippen molar-refractivity contribution < 1.29 is 8.42 Å². The van der Waals surface area contributed by atoms with Gasteiger partial charge in [0.25, 0.3) is 0 Å². The molecule has 2 heterocycles. The summed E-state index contributed by atoms with van der Waals surface area (Å²) < 4.78 is 23.8. The molecule has 0 spiro atoms. The maximum Gasteiger partial charge on any atom is 0.153 e. The van der Waals surface area contributed by atoms with E-state index in [1.54, 1.807) is 11.3 Å². The van der Waals surface area contributed by atoms with Crippen LogP contribution in [0.15, 0.2) is 15.9 Å². The van der Waals surface area contributed by atoms with Crippen LogP contribution in [-0.2, 0) is 9.84 Å². The van der Waals surface area contributed by atoms with Gasteiger partial charge in [0, 0.05) is 21.3 Å². The van der Waals surface area contributed by atoms with Crippen LogP contribution >= 0.6 is 27.3 Å². The molecule has 0 amide bonds. The van der Waals surface area contributed by atoms with Crippen molar-refractivity contribution >= 4 is 37.1 Å². The summed E-state index contributed by atoms with van der Waals surface area (Å²) in [5.74, 6) is 0.482. The molecule has 1 unspecified atom stereocenters. The van der Waals surface area contributed by atoms with Gasteiger partial charge in [0.1, 0.15) is 0 Å². The van der Waals surface area contributed by atoms with Crippen LogP contribution in [0.3, 0.4) is 0 Å². The van der Waals surface area contributed by atoms with E-state index in [4.69, 9.17) is 0 Å². The third kappa shape index (κ3) is 2.36. The van der Waals surface area contributed by atoms with Crippen LogP contribution in [0.25, 0.3) is 0 Å². The lowest BCUT2D eigenvalue weighted by molar-refractivity contribution is 0.535. The second-order valence-electron chi connectivity index (χ2n) is 3.29. The average molecular weight is 296 g/mol. The molecular weight excluding hydrogens is 286 g/mol. The van der Waals surface area contributed by atoms with Crippen molar-refractivity contribution in [2.24, 2.45) is 0 Å². The van der Waals surface area contributed by atoms with Gasteiger partial charge in [0.15, 0.2) is 9.84 Å². The van der Waals surface area contributed by atoms with Gasteiger partial charge in [-0.25, -0.2) is 8.42 Å². The van der Waals surface area contributed by atoms with Gasteiger partial charge in [-0.1, -0.05) is 0 Å². The predicted octanol–water partition coefficient (Wildman–Crippen LogP) is 1.57. The summed E-state index contributed by atoms with van der Waals surface area (Å²) in [5.41, 5.74) is 0. The molecule has 2 rings (SSSR count). The van der Waals surface area contributed by atoms with Crippen molar-refractivity contribution in [2.45, 2.75) is 6.04 Å². The van der Waals surface area contributed by atoms with Crippen LogP contribution in [0.5, 0.6) is 0 Å². The van der Waals surface area contributed by atoms with E-state index in [2.05, 4.69) is 21.2 Å². The van der Waals surface area contributed by atoms with Gasteiger partial charge >= 0.3 is 0 Å². The number of hydrogen-bond donors (Lipinski definition) is 1. The summed E-state index contributed by atoms with van der Waals surface area (Å²) in [5, 5.41) is 5.19. The molecule has 3 nitrogen and oxygen atoms in total. The number of rotatable bonds is 1. The van der Waals surface area contributed by atoms with E-state index in [1.807, 2.05) is 11.4 Å². The zero-order valence-corrected chi connectivity index (χ0v) is 10.6. The Morgan fingerprint density at radius 2 is 2.36 bits per heavy atom. The van der Waals surface area contributed by atoms with E-state index in [-0.39, 0.29) is 17.5 Å². The molecule has 1 fully saturated rings. The molecule has 0 saturated carbocycles. The molecule has 0 bridgehead atoms. The average Bonchev–Trinajstić information content (AvgIpc) is 2.50. The standard InChI is InChI=1S/C8H10BrNO2S2/c9-6-3-8(13-4-6)7-5-14(11,12)2-1-10-7/h3-4,7,10H,1-2,5H2. The van der Waals surface area contributed by atoms with E-state index in [9.17, 15) is 8.42 Å². The minimum absolute atomic E-state index is 0.0231. The Bertz CT molecular complexity index is 426. The Morgan fingerprint density at radius 3 is 2.93 bits per heavy atom. The van der Waals surface area contributed by atoms with Crippen molar-refractivity contribution in [3.8, 4) is 0 Å².